The summed E-state index contributed by atoms with van der Waals surface area (Å²) in [5, 5.41) is 4.48. The van der Waals surface area contributed by atoms with Gasteiger partial charge in [-0.05, 0) is 29.6 Å². The SMILES string of the molecule is CNCc1cccc2ccn(COCc3ccccc3)c12. The minimum atomic E-state index is 0.569. The Morgan fingerprint density at radius 3 is 2.67 bits per heavy atom. The minimum Gasteiger partial charge on any atom is -0.356 e. The Bertz CT molecular complexity index is 704. The van der Waals surface area contributed by atoms with Gasteiger partial charge < -0.3 is 14.6 Å². The van der Waals surface area contributed by atoms with Crippen molar-refractivity contribution in [3.8, 4) is 0 Å². The zero-order valence-electron chi connectivity index (χ0n) is 12.3. The van der Waals surface area contributed by atoms with E-state index >= 15 is 0 Å². The second-order valence-corrected chi connectivity index (χ2v) is 5.13. The van der Waals surface area contributed by atoms with Gasteiger partial charge in [0, 0.05) is 12.7 Å². The van der Waals surface area contributed by atoms with Gasteiger partial charge in [0.2, 0.25) is 0 Å². The molecule has 0 spiro atoms. The number of hydrogen-bond acceptors (Lipinski definition) is 2. The number of ether oxygens (including phenoxy) is 1. The van der Waals surface area contributed by atoms with Gasteiger partial charge in [-0.3, -0.25) is 0 Å². The molecule has 0 bridgehead atoms. The fraction of sp³-hybridized carbons (Fsp3) is 0.222. The predicted octanol–water partition coefficient (Wildman–Crippen LogP) is 3.54. The number of benzene rings is 2. The van der Waals surface area contributed by atoms with E-state index in [0.717, 1.165) is 6.54 Å². The lowest BCUT2D eigenvalue weighted by Crippen LogP contribution is -2.08. The Morgan fingerprint density at radius 1 is 1.00 bits per heavy atom. The van der Waals surface area contributed by atoms with Crippen molar-refractivity contribution in [2.24, 2.45) is 0 Å². The molecule has 0 atom stereocenters. The molecule has 0 saturated heterocycles. The quantitative estimate of drug-likeness (QED) is 0.747. The maximum absolute atomic E-state index is 5.85. The Kier molecular flexibility index (Phi) is 4.34. The van der Waals surface area contributed by atoms with E-state index in [4.69, 9.17) is 4.74 Å². The molecule has 0 fully saturated rings. The Balaban J connectivity index is 1.75. The molecule has 3 nitrogen and oxygen atoms in total. The van der Waals surface area contributed by atoms with Crippen LogP contribution in [0.3, 0.4) is 0 Å². The van der Waals surface area contributed by atoms with Crippen LogP contribution in [0.25, 0.3) is 10.9 Å². The molecule has 2 aromatic carbocycles. The second-order valence-electron chi connectivity index (χ2n) is 5.13. The van der Waals surface area contributed by atoms with Crippen LogP contribution in [0.2, 0.25) is 0 Å². The Hall–Kier alpha value is -2.10. The van der Waals surface area contributed by atoms with E-state index in [1.54, 1.807) is 0 Å². The van der Waals surface area contributed by atoms with Crippen LogP contribution in [-0.4, -0.2) is 11.6 Å². The van der Waals surface area contributed by atoms with Gasteiger partial charge in [0.1, 0.15) is 6.73 Å². The summed E-state index contributed by atoms with van der Waals surface area (Å²) in [6.45, 7) is 2.06. The first-order valence-corrected chi connectivity index (χ1v) is 7.21. The molecule has 3 rings (SSSR count). The third-order valence-electron chi connectivity index (χ3n) is 3.58. The summed E-state index contributed by atoms with van der Waals surface area (Å²) in [4.78, 5) is 0. The zero-order chi connectivity index (χ0) is 14.5. The van der Waals surface area contributed by atoms with Gasteiger partial charge in [-0.15, -0.1) is 0 Å². The number of rotatable bonds is 6. The molecule has 0 amide bonds. The molecule has 0 unspecified atom stereocenters. The van der Waals surface area contributed by atoms with Crippen LogP contribution in [0.15, 0.2) is 60.8 Å². The Labute approximate surface area is 125 Å². The highest BCUT2D eigenvalue weighted by atomic mass is 16.5. The summed E-state index contributed by atoms with van der Waals surface area (Å²) >= 11 is 0. The first-order chi connectivity index (χ1) is 10.4. The van der Waals surface area contributed by atoms with Gasteiger partial charge in [-0.1, -0.05) is 48.5 Å². The molecular weight excluding hydrogens is 260 g/mol. The van der Waals surface area contributed by atoms with Crippen LogP contribution >= 0.6 is 0 Å². The molecule has 0 aliphatic heterocycles. The van der Waals surface area contributed by atoms with Crippen molar-refractivity contribution in [2.75, 3.05) is 7.05 Å². The van der Waals surface area contributed by atoms with E-state index < -0.39 is 0 Å². The molecule has 0 radical (unpaired) electrons. The average Bonchev–Trinajstić information content (AvgIpc) is 2.93. The van der Waals surface area contributed by atoms with Crippen LogP contribution in [0.1, 0.15) is 11.1 Å². The predicted molar refractivity (Wildman–Crippen MR) is 85.9 cm³/mol. The van der Waals surface area contributed by atoms with Crippen LogP contribution in [-0.2, 0) is 24.6 Å². The van der Waals surface area contributed by atoms with Gasteiger partial charge in [0.05, 0.1) is 12.1 Å². The zero-order valence-corrected chi connectivity index (χ0v) is 12.3. The summed E-state index contributed by atoms with van der Waals surface area (Å²) in [7, 11) is 1.97. The normalized spacial score (nSPS) is 11.1. The molecule has 1 heterocycles. The van der Waals surface area contributed by atoms with E-state index in [1.165, 1.54) is 22.0 Å². The molecule has 21 heavy (non-hydrogen) atoms. The number of aromatic nitrogens is 1. The van der Waals surface area contributed by atoms with Crippen LogP contribution < -0.4 is 5.32 Å². The summed E-state index contributed by atoms with van der Waals surface area (Å²) in [5.74, 6) is 0. The average molecular weight is 280 g/mol. The molecule has 1 N–H and O–H groups in total. The van der Waals surface area contributed by atoms with Crippen molar-refractivity contribution >= 4 is 10.9 Å². The highest BCUT2D eigenvalue weighted by molar-refractivity contribution is 5.83. The van der Waals surface area contributed by atoms with Crippen molar-refractivity contribution in [2.45, 2.75) is 19.9 Å². The van der Waals surface area contributed by atoms with E-state index in [0.29, 0.717) is 13.3 Å². The number of nitrogens with one attached hydrogen (secondary N) is 1. The van der Waals surface area contributed by atoms with Crippen molar-refractivity contribution in [1.82, 2.24) is 9.88 Å². The summed E-state index contributed by atoms with van der Waals surface area (Å²) < 4.78 is 8.02. The van der Waals surface area contributed by atoms with Crippen molar-refractivity contribution < 1.29 is 4.74 Å². The second kappa shape index (κ2) is 6.57. The molecule has 0 saturated carbocycles. The smallest absolute Gasteiger partial charge is 0.123 e. The summed E-state index contributed by atoms with van der Waals surface area (Å²) in [6, 6.07) is 18.8. The fourth-order valence-electron chi connectivity index (χ4n) is 2.62. The van der Waals surface area contributed by atoms with Gasteiger partial charge in [-0.25, -0.2) is 0 Å². The number of fused-ring (bicyclic) bond motifs is 1. The summed E-state index contributed by atoms with van der Waals surface area (Å²) in [6.07, 6.45) is 2.09. The van der Waals surface area contributed by atoms with Gasteiger partial charge in [-0.2, -0.15) is 0 Å². The molecule has 3 aromatic rings. The molecular formula is C18H20N2O. The number of para-hydroxylation sites is 1. The van der Waals surface area contributed by atoms with E-state index in [-0.39, 0.29) is 0 Å². The lowest BCUT2D eigenvalue weighted by Gasteiger charge is -2.10. The van der Waals surface area contributed by atoms with Crippen molar-refractivity contribution in [3.05, 3.63) is 71.9 Å². The van der Waals surface area contributed by atoms with Crippen molar-refractivity contribution in [1.29, 1.82) is 0 Å². The number of hydrogen-bond donors (Lipinski definition) is 1. The monoisotopic (exact) mass is 280 g/mol. The van der Waals surface area contributed by atoms with Crippen LogP contribution in [0, 0.1) is 0 Å². The molecule has 0 aliphatic carbocycles. The molecule has 3 heteroatoms. The lowest BCUT2D eigenvalue weighted by atomic mass is 10.1. The van der Waals surface area contributed by atoms with Gasteiger partial charge >= 0.3 is 0 Å². The van der Waals surface area contributed by atoms with Crippen molar-refractivity contribution in [3.63, 3.8) is 0 Å². The first-order valence-electron chi connectivity index (χ1n) is 7.21. The highest BCUT2D eigenvalue weighted by Crippen LogP contribution is 2.20. The molecule has 1 aromatic heterocycles. The topological polar surface area (TPSA) is 26.2 Å². The minimum absolute atomic E-state index is 0.569. The largest absolute Gasteiger partial charge is 0.356 e. The third kappa shape index (κ3) is 3.15. The van der Waals surface area contributed by atoms with Gasteiger partial charge in [0.15, 0.2) is 0 Å². The highest BCUT2D eigenvalue weighted by Gasteiger charge is 2.06. The first kappa shape index (κ1) is 13.9. The maximum Gasteiger partial charge on any atom is 0.123 e. The van der Waals surface area contributed by atoms with Crippen LogP contribution in [0.4, 0.5) is 0 Å². The van der Waals surface area contributed by atoms with E-state index in [9.17, 15) is 0 Å². The van der Waals surface area contributed by atoms with Crippen LogP contribution in [0.5, 0.6) is 0 Å². The Morgan fingerprint density at radius 2 is 1.86 bits per heavy atom. The lowest BCUT2D eigenvalue weighted by molar-refractivity contribution is 0.0667. The molecule has 108 valence electrons. The standard InChI is InChI=1S/C18H20N2O/c1-19-12-17-9-5-8-16-10-11-20(18(16)17)14-21-13-15-6-3-2-4-7-15/h2-11,19H,12-14H2,1H3. The summed E-state index contributed by atoms with van der Waals surface area (Å²) in [5.41, 5.74) is 3.74. The fourth-order valence-corrected chi connectivity index (χ4v) is 2.62. The van der Waals surface area contributed by atoms with E-state index in [2.05, 4.69) is 52.5 Å². The number of nitrogens with zero attached hydrogens (tertiary/aromatic N) is 1. The van der Waals surface area contributed by atoms with E-state index in [1.807, 2.05) is 25.2 Å². The third-order valence-corrected chi connectivity index (χ3v) is 3.58. The maximum atomic E-state index is 5.85. The molecule has 0 aliphatic rings. The van der Waals surface area contributed by atoms with Gasteiger partial charge in [0.25, 0.3) is 0 Å².